The Balaban J connectivity index is 2.17. The van der Waals surface area contributed by atoms with Crippen LogP contribution in [0.3, 0.4) is 0 Å². The van der Waals surface area contributed by atoms with E-state index in [2.05, 4.69) is 0 Å². The minimum absolute atomic E-state index is 0.0496. The monoisotopic (exact) mass is 432 g/mol. The molecule has 1 heterocycles. The molecule has 3 rings (SSSR count). The van der Waals surface area contributed by atoms with Gasteiger partial charge in [-0.05, 0) is 56.8 Å². The third kappa shape index (κ3) is 4.54. The van der Waals surface area contributed by atoms with E-state index in [4.69, 9.17) is 4.74 Å². The van der Waals surface area contributed by atoms with E-state index in [-0.39, 0.29) is 23.5 Å². The van der Waals surface area contributed by atoms with Crippen LogP contribution < -0.4 is 4.74 Å². The highest BCUT2D eigenvalue weighted by atomic mass is 32.2. The van der Waals surface area contributed by atoms with E-state index in [1.54, 1.807) is 13.0 Å². The topological polar surface area (TPSA) is 70.1 Å². The van der Waals surface area contributed by atoms with Gasteiger partial charge < -0.3 is 14.7 Å². The largest absolute Gasteiger partial charge is 0.487 e. The zero-order valence-corrected chi connectivity index (χ0v) is 19.2. The maximum atomic E-state index is 13.5. The number of hydrogen-bond donors (Lipinski definition) is 1. The van der Waals surface area contributed by atoms with Crippen molar-refractivity contribution in [3.63, 3.8) is 0 Å². The normalized spacial score (nSPS) is 22.6. The highest BCUT2D eigenvalue weighted by Gasteiger charge is 2.38. The average molecular weight is 433 g/mol. The molecule has 0 amide bonds. The van der Waals surface area contributed by atoms with Gasteiger partial charge >= 0.3 is 0 Å². The maximum absolute atomic E-state index is 13.5. The number of likely N-dealkylation sites (N-methyl/N-ethyl adjacent to an activating group) is 1. The second-order valence-corrected chi connectivity index (χ2v) is 10.3. The van der Waals surface area contributed by atoms with Crippen molar-refractivity contribution in [3.05, 3.63) is 48.0 Å². The average Bonchev–Trinajstić information content (AvgIpc) is 2.69. The third-order valence-electron chi connectivity index (χ3n) is 5.67. The molecule has 3 atom stereocenters. The SMILES string of the molecule is Cc1ccccc1-c1ccc2c(c1)O[C@H](CN(C)C)[C@H](C)CN([C@@H](C)CO)S2(=O)=O. The van der Waals surface area contributed by atoms with Crippen molar-refractivity contribution < 1.29 is 18.3 Å². The lowest BCUT2D eigenvalue weighted by Crippen LogP contribution is -2.49. The van der Waals surface area contributed by atoms with Gasteiger partial charge in [-0.25, -0.2) is 8.42 Å². The highest BCUT2D eigenvalue weighted by molar-refractivity contribution is 7.89. The van der Waals surface area contributed by atoms with Crippen molar-refractivity contribution in [1.82, 2.24) is 9.21 Å². The fourth-order valence-electron chi connectivity index (χ4n) is 3.87. The quantitative estimate of drug-likeness (QED) is 0.787. The summed E-state index contributed by atoms with van der Waals surface area (Å²) in [7, 11) is 0.140. The van der Waals surface area contributed by atoms with Gasteiger partial charge in [0.05, 0.1) is 6.61 Å². The first-order chi connectivity index (χ1) is 14.1. The Kier molecular flexibility index (Phi) is 6.87. The molecule has 2 aromatic rings. The molecule has 0 aromatic heterocycles. The molecule has 0 radical (unpaired) electrons. The molecule has 0 fully saturated rings. The molecule has 0 spiro atoms. The van der Waals surface area contributed by atoms with E-state index >= 15 is 0 Å². The molecule has 0 bridgehead atoms. The minimum atomic E-state index is -3.81. The molecular weight excluding hydrogens is 400 g/mol. The van der Waals surface area contributed by atoms with Gasteiger partial charge in [-0.3, -0.25) is 0 Å². The molecule has 0 saturated heterocycles. The van der Waals surface area contributed by atoms with E-state index in [1.165, 1.54) is 4.31 Å². The summed E-state index contributed by atoms with van der Waals surface area (Å²) < 4.78 is 34.7. The molecule has 0 saturated carbocycles. The van der Waals surface area contributed by atoms with E-state index in [0.29, 0.717) is 18.8 Å². The van der Waals surface area contributed by atoms with Crippen molar-refractivity contribution in [1.29, 1.82) is 0 Å². The van der Waals surface area contributed by atoms with Crippen LogP contribution in [0.25, 0.3) is 11.1 Å². The number of aliphatic hydroxyl groups excluding tert-OH is 1. The van der Waals surface area contributed by atoms with Crippen LogP contribution in [0, 0.1) is 12.8 Å². The van der Waals surface area contributed by atoms with Crippen molar-refractivity contribution in [2.75, 3.05) is 33.8 Å². The summed E-state index contributed by atoms with van der Waals surface area (Å²) in [6.07, 6.45) is -0.185. The Morgan fingerprint density at radius 2 is 1.93 bits per heavy atom. The van der Waals surface area contributed by atoms with Crippen molar-refractivity contribution in [3.8, 4) is 16.9 Å². The molecule has 7 heteroatoms. The number of aliphatic hydroxyl groups is 1. The molecule has 30 heavy (non-hydrogen) atoms. The number of benzene rings is 2. The zero-order valence-electron chi connectivity index (χ0n) is 18.4. The first-order valence-corrected chi connectivity index (χ1v) is 11.7. The van der Waals surface area contributed by atoms with E-state index in [1.807, 2.05) is 69.2 Å². The second kappa shape index (κ2) is 9.06. The van der Waals surface area contributed by atoms with Crippen LogP contribution in [0.1, 0.15) is 19.4 Å². The molecule has 6 nitrogen and oxygen atoms in total. The van der Waals surface area contributed by atoms with Gasteiger partial charge in [-0.15, -0.1) is 0 Å². The molecule has 2 aromatic carbocycles. The number of aryl methyl sites for hydroxylation is 1. The zero-order chi connectivity index (χ0) is 22.1. The Morgan fingerprint density at radius 3 is 2.57 bits per heavy atom. The Morgan fingerprint density at radius 1 is 1.23 bits per heavy atom. The van der Waals surface area contributed by atoms with Gasteiger partial charge in [0, 0.05) is 25.0 Å². The molecule has 1 aliphatic rings. The molecule has 0 aliphatic carbocycles. The standard InChI is InChI=1S/C23H32N2O4S/c1-16-8-6-7-9-20(16)19-10-11-23-21(12-19)29-22(14-24(4)5)17(2)13-25(18(3)15-26)30(23,27)28/h6-12,17-18,22,26H,13-15H2,1-5H3/t17-,18+,22-/m1/s1. The molecule has 0 unspecified atom stereocenters. The summed E-state index contributed by atoms with van der Waals surface area (Å²) in [5, 5.41) is 9.70. The first kappa shape index (κ1) is 22.7. The van der Waals surface area contributed by atoms with Gasteiger partial charge in [-0.2, -0.15) is 4.31 Å². The Hall–Kier alpha value is -1.93. The third-order valence-corrected chi connectivity index (χ3v) is 7.69. The predicted octanol–water partition coefficient (Wildman–Crippen LogP) is 2.99. The minimum Gasteiger partial charge on any atom is -0.487 e. The maximum Gasteiger partial charge on any atom is 0.247 e. The highest BCUT2D eigenvalue weighted by Crippen LogP contribution is 2.37. The molecule has 1 N–H and O–H groups in total. The number of rotatable bonds is 5. The summed E-state index contributed by atoms with van der Waals surface area (Å²) >= 11 is 0. The number of hydrogen-bond acceptors (Lipinski definition) is 5. The summed E-state index contributed by atoms with van der Waals surface area (Å²) in [5.41, 5.74) is 3.07. The lowest BCUT2D eigenvalue weighted by molar-refractivity contribution is 0.0813. The lowest BCUT2D eigenvalue weighted by Gasteiger charge is -2.37. The van der Waals surface area contributed by atoms with E-state index in [9.17, 15) is 13.5 Å². The summed E-state index contributed by atoms with van der Waals surface area (Å²) in [5.74, 6) is 0.315. The van der Waals surface area contributed by atoms with Crippen LogP contribution in [0.5, 0.6) is 5.75 Å². The molecule has 1 aliphatic heterocycles. The van der Waals surface area contributed by atoms with Crippen molar-refractivity contribution in [2.24, 2.45) is 5.92 Å². The van der Waals surface area contributed by atoms with Crippen LogP contribution >= 0.6 is 0 Å². The van der Waals surface area contributed by atoms with Gasteiger partial charge in [0.25, 0.3) is 0 Å². The second-order valence-electron chi connectivity index (χ2n) is 8.48. The lowest BCUT2D eigenvalue weighted by atomic mass is 10.00. The van der Waals surface area contributed by atoms with Crippen molar-refractivity contribution >= 4 is 10.0 Å². The van der Waals surface area contributed by atoms with Crippen LogP contribution in [-0.2, 0) is 10.0 Å². The summed E-state index contributed by atoms with van der Waals surface area (Å²) in [4.78, 5) is 2.19. The van der Waals surface area contributed by atoms with Gasteiger partial charge in [0.15, 0.2) is 0 Å². The van der Waals surface area contributed by atoms with Gasteiger partial charge in [0.1, 0.15) is 16.7 Å². The van der Waals surface area contributed by atoms with Crippen molar-refractivity contribution in [2.45, 2.75) is 37.8 Å². The Labute approximate surface area is 180 Å². The van der Waals surface area contributed by atoms with Crippen LogP contribution in [-0.4, -0.2) is 68.7 Å². The molecular formula is C23H32N2O4S. The fraction of sp³-hybridized carbons (Fsp3) is 0.478. The van der Waals surface area contributed by atoms with E-state index in [0.717, 1.165) is 16.7 Å². The van der Waals surface area contributed by atoms with E-state index < -0.39 is 16.1 Å². The number of ether oxygens (including phenoxy) is 1. The number of sulfonamides is 1. The Bertz CT molecular complexity index is 990. The van der Waals surface area contributed by atoms with Gasteiger partial charge in [0.2, 0.25) is 10.0 Å². The number of nitrogens with zero attached hydrogens (tertiary/aromatic N) is 2. The van der Waals surface area contributed by atoms with Crippen LogP contribution in [0.2, 0.25) is 0 Å². The first-order valence-electron chi connectivity index (χ1n) is 10.3. The smallest absolute Gasteiger partial charge is 0.247 e. The number of fused-ring (bicyclic) bond motifs is 1. The molecule has 164 valence electrons. The fourth-order valence-corrected chi connectivity index (χ4v) is 5.69. The van der Waals surface area contributed by atoms with Crippen LogP contribution in [0.15, 0.2) is 47.4 Å². The van der Waals surface area contributed by atoms with Gasteiger partial charge in [-0.1, -0.05) is 37.3 Å². The summed E-state index contributed by atoms with van der Waals surface area (Å²) in [6.45, 7) is 6.48. The summed E-state index contributed by atoms with van der Waals surface area (Å²) in [6, 6.07) is 12.8. The van der Waals surface area contributed by atoms with Crippen LogP contribution in [0.4, 0.5) is 0 Å². The predicted molar refractivity (Wildman–Crippen MR) is 119 cm³/mol.